The van der Waals surface area contributed by atoms with Gasteiger partial charge in [-0.3, -0.25) is 4.79 Å². The molecule has 1 atom stereocenters. The van der Waals surface area contributed by atoms with E-state index in [0.29, 0.717) is 19.1 Å². The summed E-state index contributed by atoms with van der Waals surface area (Å²) in [6.07, 6.45) is 5.60. The van der Waals surface area contributed by atoms with Gasteiger partial charge in [-0.25, -0.2) is 0 Å². The van der Waals surface area contributed by atoms with E-state index in [1.54, 1.807) is 7.11 Å². The van der Waals surface area contributed by atoms with E-state index in [-0.39, 0.29) is 39.1 Å². The number of hydrogen-bond acceptors (Lipinski definition) is 3. The molecule has 112 valence electrons. The third-order valence-electron chi connectivity index (χ3n) is 4.23. The fraction of sp³-hybridized carbons (Fsp3) is 0.562. The van der Waals surface area contributed by atoms with Gasteiger partial charge in [-0.2, -0.15) is 0 Å². The van der Waals surface area contributed by atoms with Crippen LogP contribution in [0.2, 0.25) is 0 Å². The minimum Gasteiger partial charge on any atom is -0.493 e. The first kappa shape index (κ1) is 16.6. The fourth-order valence-corrected chi connectivity index (χ4v) is 3.07. The van der Waals surface area contributed by atoms with Crippen molar-refractivity contribution in [2.45, 2.75) is 44.1 Å². The normalized spacial score (nSPS) is 21.8. The van der Waals surface area contributed by atoms with Crippen molar-refractivity contribution >= 4 is 33.2 Å². The molecule has 3 rings (SSSR count). The summed E-state index contributed by atoms with van der Waals surface area (Å²) >= 11 is 0. The summed E-state index contributed by atoms with van der Waals surface area (Å²) in [6, 6.07) is 6.02. The summed E-state index contributed by atoms with van der Waals surface area (Å²) < 4.78 is 11.5. The third kappa shape index (κ3) is 3.90. The van der Waals surface area contributed by atoms with Crippen LogP contribution in [0.15, 0.2) is 18.2 Å². The van der Waals surface area contributed by atoms with Crippen LogP contribution in [0, 0.1) is 0 Å². The van der Waals surface area contributed by atoms with E-state index in [4.69, 9.17) is 9.47 Å². The van der Waals surface area contributed by atoms with Gasteiger partial charge in [-0.15, -0.1) is 0 Å². The molecule has 0 bridgehead atoms. The van der Waals surface area contributed by atoms with Gasteiger partial charge >= 0.3 is 0 Å². The van der Waals surface area contributed by atoms with Crippen molar-refractivity contribution in [3.63, 3.8) is 0 Å². The maximum Gasteiger partial charge on any atom is 0.220 e. The van der Waals surface area contributed by atoms with Gasteiger partial charge < -0.3 is 14.8 Å². The SMILES string of the molecule is COc1ccc(C2CNC(=O)C2)cc1OC1CCCC1.[Pb]. The average molecular weight is 483 g/mol. The summed E-state index contributed by atoms with van der Waals surface area (Å²) in [6.45, 7) is 0.716. The number of carbonyl (C=O) groups excluding carboxylic acids is 1. The van der Waals surface area contributed by atoms with Crippen LogP contribution in [0.1, 0.15) is 43.6 Å². The third-order valence-corrected chi connectivity index (χ3v) is 4.23. The Morgan fingerprint density at radius 3 is 2.57 bits per heavy atom. The predicted octanol–water partition coefficient (Wildman–Crippen LogP) is 2.24. The zero-order valence-electron chi connectivity index (χ0n) is 12.4. The summed E-state index contributed by atoms with van der Waals surface area (Å²) in [5, 5.41) is 2.88. The monoisotopic (exact) mass is 483 g/mol. The molecule has 1 aromatic rings. The second-order valence-corrected chi connectivity index (χ2v) is 5.64. The van der Waals surface area contributed by atoms with Crippen molar-refractivity contribution in [2.75, 3.05) is 13.7 Å². The number of hydrogen-bond donors (Lipinski definition) is 1. The molecule has 1 heterocycles. The van der Waals surface area contributed by atoms with Gasteiger partial charge in [0, 0.05) is 46.2 Å². The molecule has 1 saturated carbocycles. The van der Waals surface area contributed by atoms with Gasteiger partial charge in [0.1, 0.15) is 0 Å². The Balaban J connectivity index is 0.00000161. The van der Waals surface area contributed by atoms with E-state index in [2.05, 4.69) is 5.32 Å². The fourth-order valence-electron chi connectivity index (χ4n) is 3.07. The summed E-state index contributed by atoms with van der Waals surface area (Å²) in [5.41, 5.74) is 1.15. The molecule has 1 aliphatic heterocycles. The molecule has 1 unspecified atom stereocenters. The van der Waals surface area contributed by atoms with Crippen LogP contribution in [0.5, 0.6) is 11.5 Å². The molecule has 0 aromatic heterocycles. The Morgan fingerprint density at radius 1 is 1.19 bits per heavy atom. The summed E-state index contributed by atoms with van der Waals surface area (Å²) in [7, 11) is 1.66. The van der Waals surface area contributed by atoms with Gasteiger partial charge in [0.15, 0.2) is 11.5 Å². The van der Waals surface area contributed by atoms with Crippen molar-refractivity contribution in [1.82, 2.24) is 5.32 Å². The molecule has 2 aliphatic rings. The largest absolute Gasteiger partial charge is 0.493 e. The molecule has 5 heteroatoms. The maximum absolute atomic E-state index is 11.3. The first-order chi connectivity index (χ1) is 9.76. The summed E-state index contributed by atoms with van der Waals surface area (Å²) in [4.78, 5) is 11.3. The van der Waals surface area contributed by atoms with Crippen LogP contribution in [0.4, 0.5) is 0 Å². The van der Waals surface area contributed by atoms with E-state index in [1.165, 1.54) is 12.8 Å². The summed E-state index contributed by atoms with van der Waals surface area (Å²) in [5.74, 6) is 1.97. The first-order valence-corrected chi connectivity index (χ1v) is 7.37. The van der Waals surface area contributed by atoms with Crippen LogP contribution in [0.25, 0.3) is 0 Å². The Labute approximate surface area is 145 Å². The Morgan fingerprint density at radius 2 is 1.95 bits per heavy atom. The van der Waals surface area contributed by atoms with Gasteiger partial charge in [-0.1, -0.05) is 6.07 Å². The van der Waals surface area contributed by atoms with Crippen LogP contribution >= 0.6 is 0 Å². The topological polar surface area (TPSA) is 47.6 Å². The predicted molar refractivity (Wildman–Crippen MR) is 82.0 cm³/mol. The second kappa shape index (κ2) is 7.47. The Kier molecular flexibility index (Phi) is 5.90. The standard InChI is InChI=1S/C16H21NO3.Pb/c1-19-14-7-6-11(12-9-16(18)17-10-12)8-15(14)20-13-4-2-3-5-13;/h6-8,12-13H,2-5,9-10H2,1H3,(H,17,18);. The quantitative estimate of drug-likeness (QED) is 0.670. The van der Waals surface area contributed by atoms with Crippen LogP contribution in [-0.4, -0.2) is 53.0 Å². The second-order valence-electron chi connectivity index (χ2n) is 5.64. The number of amides is 1. The maximum atomic E-state index is 11.3. The van der Waals surface area contributed by atoms with E-state index in [9.17, 15) is 4.79 Å². The Bertz CT molecular complexity index is 500. The molecule has 1 aromatic carbocycles. The molecule has 2 fully saturated rings. The average Bonchev–Trinajstić information content (AvgIpc) is 3.10. The van der Waals surface area contributed by atoms with Crippen LogP contribution in [0.3, 0.4) is 0 Å². The first-order valence-electron chi connectivity index (χ1n) is 7.37. The van der Waals surface area contributed by atoms with E-state index in [1.807, 2.05) is 18.2 Å². The van der Waals surface area contributed by atoms with Crippen molar-refractivity contribution in [2.24, 2.45) is 0 Å². The number of benzene rings is 1. The minimum absolute atomic E-state index is 0. The van der Waals surface area contributed by atoms with Gasteiger partial charge in [0.25, 0.3) is 0 Å². The minimum atomic E-state index is 0. The number of ether oxygens (including phenoxy) is 2. The molecule has 1 aliphatic carbocycles. The zero-order chi connectivity index (χ0) is 13.9. The molecule has 0 spiro atoms. The van der Waals surface area contributed by atoms with Crippen molar-refractivity contribution in [3.05, 3.63) is 23.8 Å². The van der Waals surface area contributed by atoms with Gasteiger partial charge in [0.05, 0.1) is 13.2 Å². The molecule has 21 heavy (non-hydrogen) atoms. The zero-order valence-corrected chi connectivity index (χ0v) is 16.2. The van der Waals surface area contributed by atoms with E-state index < -0.39 is 0 Å². The number of methoxy groups -OCH3 is 1. The molecule has 1 amide bonds. The molecule has 4 radical (unpaired) electrons. The Hall–Kier alpha value is -0.788. The molecular formula is C16H21NO3Pb. The number of carbonyl (C=O) groups is 1. The van der Waals surface area contributed by atoms with Crippen molar-refractivity contribution < 1.29 is 14.3 Å². The smallest absolute Gasteiger partial charge is 0.220 e. The molecule has 1 N–H and O–H groups in total. The van der Waals surface area contributed by atoms with Crippen LogP contribution in [-0.2, 0) is 4.79 Å². The van der Waals surface area contributed by atoms with Crippen molar-refractivity contribution in [3.8, 4) is 11.5 Å². The molecule has 1 saturated heterocycles. The molecular weight excluding hydrogens is 461 g/mol. The van der Waals surface area contributed by atoms with E-state index >= 15 is 0 Å². The number of nitrogens with one attached hydrogen (secondary N) is 1. The van der Waals surface area contributed by atoms with Gasteiger partial charge in [-0.05, 0) is 43.4 Å². The van der Waals surface area contributed by atoms with Crippen LogP contribution < -0.4 is 14.8 Å². The molecule has 4 nitrogen and oxygen atoms in total. The number of rotatable bonds is 4. The van der Waals surface area contributed by atoms with Gasteiger partial charge in [0.2, 0.25) is 5.91 Å². The van der Waals surface area contributed by atoms with Crippen molar-refractivity contribution in [1.29, 1.82) is 0 Å². The van der Waals surface area contributed by atoms with E-state index in [0.717, 1.165) is 29.9 Å².